The molecule has 0 radical (unpaired) electrons. The number of carbonyl (C=O) groups excluding carboxylic acids is 1. The van der Waals surface area contributed by atoms with E-state index in [9.17, 15) is 4.79 Å². The van der Waals surface area contributed by atoms with E-state index in [2.05, 4.69) is 15.3 Å². The summed E-state index contributed by atoms with van der Waals surface area (Å²) in [6, 6.07) is 3.51. The van der Waals surface area contributed by atoms with Gasteiger partial charge in [-0.05, 0) is 19.1 Å². The van der Waals surface area contributed by atoms with Gasteiger partial charge in [0, 0.05) is 24.3 Å². The van der Waals surface area contributed by atoms with Crippen molar-refractivity contribution in [2.24, 2.45) is 0 Å². The molecule has 0 saturated heterocycles. The average Bonchev–Trinajstić information content (AvgIpc) is 2.83. The Labute approximate surface area is 97.4 Å². The standard InChI is InChI=1S/C11H11N3OS/c1-2-12-10-8(4-3-5-13-10)9(15)11-14-6-7-16-11/h3-7H,2H2,1H3,(H,12,13). The monoisotopic (exact) mass is 233 g/mol. The first-order chi connectivity index (χ1) is 7.83. The van der Waals surface area contributed by atoms with Crippen LogP contribution in [0.15, 0.2) is 29.9 Å². The van der Waals surface area contributed by atoms with Gasteiger partial charge in [-0.2, -0.15) is 0 Å². The Morgan fingerprint density at radius 2 is 2.31 bits per heavy atom. The summed E-state index contributed by atoms with van der Waals surface area (Å²) in [7, 11) is 0. The molecule has 0 spiro atoms. The van der Waals surface area contributed by atoms with Gasteiger partial charge in [-0.3, -0.25) is 4.79 Å². The van der Waals surface area contributed by atoms with E-state index in [1.54, 1.807) is 29.9 Å². The molecule has 0 atom stereocenters. The molecule has 2 rings (SSSR count). The Kier molecular flexibility index (Phi) is 3.26. The molecule has 0 bridgehead atoms. The van der Waals surface area contributed by atoms with Crippen molar-refractivity contribution < 1.29 is 4.79 Å². The Morgan fingerprint density at radius 3 is 3.00 bits per heavy atom. The van der Waals surface area contributed by atoms with Gasteiger partial charge >= 0.3 is 0 Å². The van der Waals surface area contributed by atoms with Crippen molar-refractivity contribution in [2.45, 2.75) is 6.92 Å². The third-order valence-electron chi connectivity index (χ3n) is 2.02. The summed E-state index contributed by atoms with van der Waals surface area (Å²) in [5.74, 6) is 0.532. The molecule has 5 heteroatoms. The van der Waals surface area contributed by atoms with E-state index in [0.29, 0.717) is 16.4 Å². The first kappa shape index (κ1) is 10.8. The highest BCUT2D eigenvalue weighted by Gasteiger charge is 2.15. The normalized spacial score (nSPS) is 10.1. The van der Waals surface area contributed by atoms with Crippen molar-refractivity contribution in [3.8, 4) is 0 Å². The smallest absolute Gasteiger partial charge is 0.225 e. The molecule has 2 heterocycles. The van der Waals surface area contributed by atoms with Crippen LogP contribution >= 0.6 is 11.3 Å². The van der Waals surface area contributed by atoms with Crippen LogP contribution in [0.3, 0.4) is 0 Å². The van der Waals surface area contributed by atoms with Gasteiger partial charge in [0.05, 0.1) is 5.56 Å². The van der Waals surface area contributed by atoms with E-state index in [0.717, 1.165) is 6.54 Å². The number of pyridine rings is 1. The second kappa shape index (κ2) is 4.85. The number of aromatic nitrogens is 2. The average molecular weight is 233 g/mol. The van der Waals surface area contributed by atoms with Gasteiger partial charge in [0.1, 0.15) is 5.82 Å². The number of carbonyl (C=O) groups is 1. The molecule has 4 nitrogen and oxygen atoms in total. The lowest BCUT2D eigenvalue weighted by Gasteiger charge is -2.06. The summed E-state index contributed by atoms with van der Waals surface area (Å²) in [5.41, 5.74) is 0.569. The minimum atomic E-state index is -0.0842. The second-order valence-corrected chi connectivity index (χ2v) is 3.99. The summed E-state index contributed by atoms with van der Waals surface area (Å²) in [6.45, 7) is 2.70. The fraction of sp³-hybridized carbons (Fsp3) is 0.182. The number of nitrogens with one attached hydrogen (secondary N) is 1. The molecule has 16 heavy (non-hydrogen) atoms. The van der Waals surface area contributed by atoms with Gasteiger partial charge < -0.3 is 5.32 Å². The van der Waals surface area contributed by atoms with Crippen molar-refractivity contribution in [2.75, 3.05) is 11.9 Å². The highest BCUT2D eigenvalue weighted by Crippen LogP contribution is 2.17. The molecular weight excluding hydrogens is 222 g/mol. The molecule has 0 unspecified atom stereocenters. The van der Waals surface area contributed by atoms with Crippen molar-refractivity contribution in [1.82, 2.24) is 9.97 Å². The molecule has 0 aromatic carbocycles. The maximum atomic E-state index is 12.1. The molecule has 1 N–H and O–H groups in total. The summed E-state index contributed by atoms with van der Waals surface area (Å²) >= 11 is 1.34. The topological polar surface area (TPSA) is 54.9 Å². The van der Waals surface area contributed by atoms with Crippen LogP contribution in [-0.2, 0) is 0 Å². The zero-order chi connectivity index (χ0) is 11.4. The molecule has 2 aromatic heterocycles. The lowest BCUT2D eigenvalue weighted by Crippen LogP contribution is -2.08. The first-order valence-corrected chi connectivity index (χ1v) is 5.84. The summed E-state index contributed by atoms with van der Waals surface area (Å²) in [4.78, 5) is 20.2. The predicted octanol–water partition coefficient (Wildman–Crippen LogP) is 2.20. The lowest BCUT2D eigenvalue weighted by molar-refractivity contribution is 0.103. The van der Waals surface area contributed by atoms with Crippen LogP contribution in [0.5, 0.6) is 0 Å². The van der Waals surface area contributed by atoms with Crippen LogP contribution in [-0.4, -0.2) is 22.3 Å². The Balaban J connectivity index is 2.36. The van der Waals surface area contributed by atoms with Gasteiger partial charge in [0.25, 0.3) is 0 Å². The summed E-state index contributed by atoms with van der Waals surface area (Å²) < 4.78 is 0. The zero-order valence-corrected chi connectivity index (χ0v) is 9.62. The number of anilines is 1. The molecule has 0 saturated carbocycles. The summed E-state index contributed by atoms with van der Waals surface area (Å²) in [6.07, 6.45) is 3.29. The molecule has 0 amide bonds. The van der Waals surface area contributed by atoms with Crippen molar-refractivity contribution in [1.29, 1.82) is 0 Å². The fourth-order valence-corrected chi connectivity index (χ4v) is 1.94. The second-order valence-electron chi connectivity index (χ2n) is 3.10. The van der Waals surface area contributed by atoms with Crippen LogP contribution in [0.25, 0.3) is 0 Å². The zero-order valence-electron chi connectivity index (χ0n) is 8.80. The predicted molar refractivity (Wildman–Crippen MR) is 63.9 cm³/mol. The van der Waals surface area contributed by atoms with E-state index in [-0.39, 0.29) is 5.78 Å². The van der Waals surface area contributed by atoms with E-state index < -0.39 is 0 Å². The molecule has 0 fully saturated rings. The molecule has 0 aliphatic carbocycles. The van der Waals surface area contributed by atoms with E-state index >= 15 is 0 Å². The molecule has 0 aliphatic rings. The van der Waals surface area contributed by atoms with Gasteiger partial charge in [-0.1, -0.05) is 0 Å². The van der Waals surface area contributed by atoms with Crippen molar-refractivity contribution in [3.63, 3.8) is 0 Å². The maximum absolute atomic E-state index is 12.1. The largest absolute Gasteiger partial charge is 0.370 e. The summed E-state index contributed by atoms with van der Waals surface area (Å²) in [5, 5.41) is 5.34. The molecular formula is C11H11N3OS. The maximum Gasteiger partial charge on any atom is 0.225 e. The molecule has 2 aromatic rings. The minimum Gasteiger partial charge on any atom is -0.370 e. The van der Waals surface area contributed by atoms with E-state index in [4.69, 9.17) is 0 Å². The lowest BCUT2D eigenvalue weighted by atomic mass is 10.2. The number of ketones is 1. The van der Waals surface area contributed by atoms with Crippen LogP contribution in [0.2, 0.25) is 0 Å². The number of rotatable bonds is 4. The Morgan fingerprint density at radius 1 is 1.44 bits per heavy atom. The molecule has 0 aliphatic heterocycles. The van der Waals surface area contributed by atoms with Gasteiger partial charge in [-0.15, -0.1) is 11.3 Å². The van der Waals surface area contributed by atoms with Crippen LogP contribution in [0.1, 0.15) is 22.3 Å². The van der Waals surface area contributed by atoms with Crippen LogP contribution in [0, 0.1) is 0 Å². The third kappa shape index (κ3) is 2.09. The van der Waals surface area contributed by atoms with Crippen LogP contribution < -0.4 is 5.32 Å². The number of hydrogen-bond donors (Lipinski definition) is 1. The Hall–Kier alpha value is -1.75. The first-order valence-electron chi connectivity index (χ1n) is 4.96. The number of nitrogens with zero attached hydrogens (tertiary/aromatic N) is 2. The SMILES string of the molecule is CCNc1ncccc1C(=O)c1nccs1. The minimum absolute atomic E-state index is 0.0842. The van der Waals surface area contributed by atoms with Crippen LogP contribution in [0.4, 0.5) is 5.82 Å². The van der Waals surface area contributed by atoms with Gasteiger partial charge in [0.15, 0.2) is 5.01 Å². The molecule has 82 valence electrons. The highest BCUT2D eigenvalue weighted by atomic mass is 32.1. The van der Waals surface area contributed by atoms with E-state index in [1.807, 2.05) is 6.92 Å². The number of hydrogen-bond acceptors (Lipinski definition) is 5. The fourth-order valence-electron chi connectivity index (χ4n) is 1.35. The Bertz CT molecular complexity index is 482. The van der Waals surface area contributed by atoms with Gasteiger partial charge in [0.2, 0.25) is 5.78 Å². The quantitative estimate of drug-likeness (QED) is 0.822. The highest BCUT2D eigenvalue weighted by molar-refractivity contribution is 7.11. The van der Waals surface area contributed by atoms with Crippen molar-refractivity contribution >= 4 is 22.9 Å². The van der Waals surface area contributed by atoms with Gasteiger partial charge in [-0.25, -0.2) is 9.97 Å². The van der Waals surface area contributed by atoms with Crippen molar-refractivity contribution in [3.05, 3.63) is 40.5 Å². The van der Waals surface area contributed by atoms with E-state index in [1.165, 1.54) is 11.3 Å². The number of thiazole rings is 1. The third-order valence-corrected chi connectivity index (χ3v) is 2.79.